The van der Waals surface area contributed by atoms with Crippen LogP contribution in [0.3, 0.4) is 0 Å². The Bertz CT molecular complexity index is 881. The third-order valence-corrected chi connectivity index (χ3v) is 3.46. The van der Waals surface area contributed by atoms with Gasteiger partial charge in [0.25, 0.3) is 0 Å². The molecule has 0 atom stereocenters. The Morgan fingerprint density at radius 2 is 1.86 bits per heavy atom. The number of carboxylic acid groups (broad SMARTS) is 1. The van der Waals surface area contributed by atoms with E-state index in [1.807, 2.05) is 55.5 Å². The van der Waals surface area contributed by atoms with Crippen LogP contribution >= 0.6 is 0 Å². The van der Waals surface area contributed by atoms with Crippen LogP contribution in [0.4, 0.5) is 0 Å². The smallest absolute Gasteiger partial charge is 0.336 e. The number of aromatic carboxylic acids is 1. The van der Waals surface area contributed by atoms with E-state index in [4.69, 9.17) is 0 Å². The molecule has 0 aliphatic carbocycles. The zero-order valence-corrected chi connectivity index (χ0v) is 12.2. The molecular weight excluding hydrogens is 274 g/mol. The fourth-order valence-corrected chi connectivity index (χ4v) is 2.41. The summed E-state index contributed by atoms with van der Waals surface area (Å²) < 4.78 is 0. The van der Waals surface area contributed by atoms with E-state index >= 15 is 0 Å². The normalized spacial score (nSPS) is 11.1. The van der Waals surface area contributed by atoms with Gasteiger partial charge in [-0.3, -0.25) is 0 Å². The number of pyridine rings is 1. The number of benzene rings is 2. The second kappa shape index (κ2) is 5.82. The summed E-state index contributed by atoms with van der Waals surface area (Å²) in [5.74, 6) is -0.941. The van der Waals surface area contributed by atoms with Crippen molar-refractivity contribution in [3.63, 3.8) is 0 Å². The largest absolute Gasteiger partial charge is 0.478 e. The summed E-state index contributed by atoms with van der Waals surface area (Å²) in [6.07, 6.45) is 3.78. The summed E-state index contributed by atoms with van der Waals surface area (Å²) in [4.78, 5) is 15.9. The maximum Gasteiger partial charge on any atom is 0.336 e. The van der Waals surface area contributed by atoms with E-state index in [0.717, 1.165) is 5.56 Å². The minimum atomic E-state index is -0.941. The Morgan fingerprint density at radius 1 is 1.05 bits per heavy atom. The van der Waals surface area contributed by atoms with Gasteiger partial charge in [0.05, 0.1) is 16.8 Å². The van der Waals surface area contributed by atoms with E-state index in [1.165, 1.54) is 5.56 Å². The molecule has 0 spiro atoms. The second-order valence-corrected chi connectivity index (χ2v) is 5.16. The molecule has 3 aromatic rings. The predicted molar refractivity (Wildman–Crippen MR) is 88.8 cm³/mol. The highest BCUT2D eigenvalue weighted by atomic mass is 16.4. The Hall–Kier alpha value is -2.94. The molecule has 0 bridgehead atoms. The first-order valence-corrected chi connectivity index (χ1v) is 7.01. The van der Waals surface area contributed by atoms with Crippen molar-refractivity contribution < 1.29 is 9.90 Å². The van der Waals surface area contributed by atoms with E-state index in [1.54, 1.807) is 12.1 Å². The van der Waals surface area contributed by atoms with E-state index in [2.05, 4.69) is 11.1 Å². The molecule has 3 heteroatoms. The van der Waals surface area contributed by atoms with Gasteiger partial charge in [-0.1, -0.05) is 54.1 Å². The number of aromatic nitrogens is 1. The first kappa shape index (κ1) is 14.0. The van der Waals surface area contributed by atoms with Crippen molar-refractivity contribution >= 4 is 29.0 Å². The van der Waals surface area contributed by atoms with Gasteiger partial charge in [0, 0.05) is 5.39 Å². The second-order valence-electron chi connectivity index (χ2n) is 5.16. The van der Waals surface area contributed by atoms with Crippen LogP contribution in [0.15, 0.2) is 54.6 Å². The van der Waals surface area contributed by atoms with E-state index in [9.17, 15) is 9.90 Å². The van der Waals surface area contributed by atoms with E-state index < -0.39 is 5.97 Å². The van der Waals surface area contributed by atoms with Gasteiger partial charge in [-0.05, 0) is 30.7 Å². The number of para-hydroxylation sites is 1. The number of hydrogen-bond acceptors (Lipinski definition) is 2. The lowest BCUT2D eigenvalue weighted by molar-refractivity contribution is 0.0699. The zero-order chi connectivity index (χ0) is 15.5. The van der Waals surface area contributed by atoms with Crippen LogP contribution < -0.4 is 0 Å². The van der Waals surface area contributed by atoms with E-state index in [0.29, 0.717) is 16.6 Å². The third-order valence-electron chi connectivity index (χ3n) is 3.46. The molecule has 2 aromatic carbocycles. The topological polar surface area (TPSA) is 50.2 Å². The lowest BCUT2D eigenvalue weighted by Crippen LogP contribution is -2.00. The molecule has 0 saturated carbocycles. The van der Waals surface area contributed by atoms with Crippen LogP contribution in [0.1, 0.15) is 27.2 Å². The van der Waals surface area contributed by atoms with Gasteiger partial charge in [0.15, 0.2) is 0 Å². The molecule has 0 saturated heterocycles. The zero-order valence-electron chi connectivity index (χ0n) is 12.2. The first-order valence-electron chi connectivity index (χ1n) is 7.01. The Labute approximate surface area is 128 Å². The summed E-state index contributed by atoms with van der Waals surface area (Å²) in [5.41, 5.74) is 3.84. The Balaban J connectivity index is 2.06. The van der Waals surface area contributed by atoms with Gasteiger partial charge in [0.1, 0.15) is 0 Å². The third kappa shape index (κ3) is 2.88. The van der Waals surface area contributed by atoms with Gasteiger partial charge < -0.3 is 5.11 Å². The number of nitrogens with zero attached hydrogens (tertiary/aromatic N) is 1. The van der Waals surface area contributed by atoms with E-state index in [-0.39, 0.29) is 5.56 Å². The number of hydrogen-bond donors (Lipinski definition) is 1. The summed E-state index contributed by atoms with van der Waals surface area (Å²) in [6, 6.07) is 17.0. The summed E-state index contributed by atoms with van der Waals surface area (Å²) >= 11 is 0. The highest BCUT2D eigenvalue weighted by Crippen LogP contribution is 2.19. The fourth-order valence-electron chi connectivity index (χ4n) is 2.41. The monoisotopic (exact) mass is 289 g/mol. The maximum absolute atomic E-state index is 11.4. The average Bonchev–Trinajstić information content (AvgIpc) is 2.52. The first-order chi connectivity index (χ1) is 10.6. The molecule has 0 radical (unpaired) electrons. The lowest BCUT2D eigenvalue weighted by atomic mass is 10.1. The van der Waals surface area contributed by atoms with Gasteiger partial charge >= 0.3 is 5.97 Å². The van der Waals surface area contributed by atoms with Crippen molar-refractivity contribution in [1.82, 2.24) is 4.98 Å². The quantitative estimate of drug-likeness (QED) is 0.777. The molecule has 0 amide bonds. The van der Waals surface area contributed by atoms with Crippen LogP contribution in [0.5, 0.6) is 0 Å². The number of carbonyl (C=O) groups is 1. The molecule has 0 aliphatic rings. The molecule has 3 nitrogen and oxygen atoms in total. The van der Waals surface area contributed by atoms with Crippen molar-refractivity contribution in [2.75, 3.05) is 0 Å². The fraction of sp³-hybridized carbons (Fsp3) is 0.0526. The van der Waals surface area contributed by atoms with Crippen molar-refractivity contribution in [3.05, 3.63) is 77.0 Å². The van der Waals surface area contributed by atoms with Crippen LogP contribution in [-0.2, 0) is 0 Å². The molecule has 1 heterocycles. The number of carboxylic acids is 1. The highest BCUT2D eigenvalue weighted by Gasteiger charge is 2.10. The SMILES string of the molecule is Cc1cccc(C=Cc2cc(C(=O)O)c3ccccc3n2)c1. The number of fused-ring (bicyclic) bond motifs is 1. The van der Waals surface area contributed by atoms with Gasteiger partial charge in [-0.15, -0.1) is 0 Å². The van der Waals surface area contributed by atoms with Crippen LogP contribution in [0, 0.1) is 6.92 Å². The van der Waals surface area contributed by atoms with Crippen molar-refractivity contribution in [1.29, 1.82) is 0 Å². The maximum atomic E-state index is 11.4. The van der Waals surface area contributed by atoms with Crippen LogP contribution in [0.2, 0.25) is 0 Å². The number of rotatable bonds is 3. The molecule has 0 fully saturated rings. The lowest BCUT2D eigenvalue weighted by Gasteiger charge is -2.04. The van der Waals surface area contributed by atoms with Gasteiger partial charge in [0.2, 0.25) is 0 Å². The molecule has 3 rings (SSSR count). The molecule has 0 aliphatic heterocycles. The Kier molecular flexibility index (Phi) is 3.71. The molecule has 108 valence electrons. The molecular formula is C19H15NO2. The summed E-state index contributed by atoms with van der Waals surface area (Å²) in [7, 11) is 0. The van der Waals surface area contributed by atoms with Crippen LogP contribution in [-0.4, -0.2) is 16.1 Å². The van der Waals surface area contributed by atoms with Gasteiger partial charge in [-0.25, -0.2) is 9.78 Å². The predicted octanol–water partition coefficient (Wildman–Crippen LogP) is 4.41. The van der Waals surface area contributed by atoms with Gasteiger partial charge in [-0.2, -0.15) is 0 Å². The van der Waals surface area contributed by atoms with Crippen molar-refractivity contribution in [2.24, 2.45) is 0 Å². The minimum absolute atomic E-state index is 0.273. The molecule has 0 unspecified atom stereocenters. The molecule has 1 aromatic heterocycles. The summed E-state index contributed by atoms with van der Waals surface area (Å²) in [6.45, 7) is 2.04. The average molecular weight is 289 g/mol. The minimum Gasteiger partial charge on any atom is -0.478 e. The molecule has 1 N–H and O–H groups in total. The number of aryl methyl sites for hydroxylation is 1. The van der Waals surface area contributed by atoms with Crippen molar-refractivity contribution in [3.8, 4) is 0 Å². The standard InChI is InChI=1S/C19H15NO2/c1-13-5-4-6-14(11-13)9-10-15-12-17(19(21)22)16-7-2-3-8-18(16)20-15/h2-12H,1H3,(H,21,22). The van der Waals surface area contributed by atoms with Crippen LogP contribution in [0.25, 0.3) is 23.1 Å². The molecule has 22 heavy (non-hydrogen) atoms. The summed E-state index contributed by atoms with van der Waals surface area (Å²) in [5, 5.41) is 10.0. The highest BCUT2D eigenvalue weighted by molar-refractivity contribution is 6.03. The van der Waals surface area contributed by atoms with Crippen molar-refractivity contribution in [2.45, 2.75) is 6.92 Å². The Morgan fingerprint density at radius 3 is 2.64 bits per heavy atom.